The molecule has 1 unspecified atom stereocenters. The van der Waals surface area contributed by atoms with Crippen molar-refractivity contribution in [1.29, 1.82) is 0 Å². The van der Waals surface area contributed by atoms with E-state index in [4.69, 9.17) is 5.10 Å². The van der Waals surface area contributed by atoms with E-state index in [9.17, 15) is 0 Å². The Morgan fingerprint density at radius 1 is 0.581 bits per heavy atom. The Hall–Kier alpha value is -3.91. The molecule has 5 aromatic rings. The number of hydrogen-bond donors (Lipinski definition) is 0. The van der Waals surface area contributed by atoms with Crippen LogP contribution in [-0.4, -0.2) is 5.71 Å². The van der Waals surface area contributed by atoms with Crippen LogP contribution in [0.3, 0.4) is 0 Å². The summed E-state index contributed by atoms with van der Waals surface area (Å²) in [4.78, 5) is 0. The van der Waals surface area contributed by atoms with Crippen LogP contribution in [0.2, 0.25) is 0 Å². The molecule has 0 saturated carbocycles. The van der Waals surface area contributed by atoms with Crippen LogP contribution in [0.1, 0.15) is 23.6 Å². The zero-order valence-electron chi connectivity index (χ0n) is 17.1. The molecule has 0 aliphatic carbocycles. The average molecular weight is 399 g/mol. The van der Waals surface area contributed by atoms with Crippen LogP contribution in [0.4, 0.5) is 5.69 Å². The maximum atomic E-state index is 5.11. The van der Waals surface area contributed by atoms with Gasteiger partial charge in [-0.15, -0.1) is 0 Å². The molecule has 0 N–H and O–H groups in total. The SMILES string of the molecule is c1ccc(C2=NN(c3ccccc3)C(c3cccc4c3ccc3ccccc34)C2)cc1. The van der Waals surface area contributed by atoms with Gasteiger partial charge in [0.25, 0.3) is 0 Å². The van der Waals surface area contributed by atoms with Crippen molar-refractivity contribution in [3.63, 3.8) is 0 Å². The molecule has 0 saturated heterocycles. The zero-order chi connectivity index (χ0) is 20.6. The van der Waals surface area contributed by atoms with Gasteiger partial charge in [-0.2, -0.15) is 5.10 Å². The first-order valence-electron chi connectivity index (χ1n) is 10.8. The Labute approximate surface area is 182 Å². The van der Waals surface area contributed by atoms with Crippen molar-refractivity contribution in [1.82, 2.24) is 0 Å². The van der Waals surface area contributed by atoms with E-state index in [0.717, 1.165) is 17.8 Å². The fourth-order valence-corrected chi connectivity index (χ4v) is 4.73. The summed E-state index contributed by atoms with van der Waals surface area (Å²) in [5.41, 5.74) is 4.77. The predicted molar refractivity (Wildman–Crippen MR) is 131 cm³/mol. The lowest BCUT2D eigenvalue weighted by Gasteiger charge is -2.25. The summed E-state index contributed by atoms with van der Waals surface area (Å²) in [6.07, 6.45) is 0.880. The van der Waals surface area contributed by atoms with E-state index in [1.165, 1.54) is 32.7 Å². The quantitative estimate of drug-likeness (QED) is 0.290. The van der Waals surface area contributed by atoms with Gasteiger partial charge in [-0.1, -0.05) is 103 Å². The van der Waals surface area contributed by atoms with Crippen molar-refractivity contribution in [2.45, 2.75) is 12.5 Å². The highest BCUT2D eigenvalue weighted by atomic mass is 15.5. The molecule has 6 rings (SSSR count). The van der Waals surface area contributed by atoms with E-state index in [1.807, 2.05) is 0 Å². The Morgan fingerprint density at radius 2 is 1.29 bits per heavy atom. The minimum atomic E-state index is 0.155. The van der Waals surface area contributed by atoms with Gasteiger partial charge in [-0.3, -0.25) is 5.01 Å². The topological polar surface area (TPSA) is 15.6 Å². The molecule has 0 bridgehead atoms. The highest BCUT2D eigenvalue weighted by molar-refractivity contribution is 6.09. The minimum absolute atomic E-state index is 0.155. The van der Waals surface area contributed by atoms with Crippen molar-refractivity contribution < 1.29 is 0 Å². The Balaban J connectivity index is 1.53. The van der Waals surface area contributed by atoms with Crippen molar-refractivity contribution in [2.24, 2.45) is 5.10 Å². The van der Waals surface area contributed by atoms with E-state index >= 15 is 0 Å². The van der Waals surface area contributed by atoms with Crippen molar-refractivity contribution in [3.8, 4) is 0 Å². The molecule has 2 heteroatoms. The molecule has 1 aliphatic heterocycles. The van der Waals surface area contributed by atoms with Gasteiger partial charge in [0.1, 0.15) is 0 Å². The molecule has 0 aromatic heterocycles. The smallest absolute Gasteiger partial charge is 0.0837 e. The largest absolute Gasteiger partial charge is 0.257 e. The summed E-state index contributed by atoms with van der Waals surface area (Å²) in [6.45, 7) is 0. The highest BCUT2D eigenvalue weighted by Gasteiger charge is 2.31. The molecular formula is C29H22N2. The number of rotatable bonds is 3. The Morgan fingerprint density at radius 3 is 2.13 bits per heavy atom. The lowest BCUT2D eigenvalue weighted by molar-refractivity contribution is 0.714. The second-order valence-corrected chi connectivity index (χ2v) is 8.04. The lowest BCUT2D eigenvalue weighted by Crippen LogP contribution is -2.18. The van der Waals surface area contributed by atoms with Crippen molar-refractivity contribution in [3.05, 3.63) is 126 Å². The van der Waals surface area contributed by atoms with Gasteiger partial charge in [0.05, 0.1) is 17.4 Å². The standard InChI is InChI=1S/C29H22N2/c1-3-11-22(12-4-1)28-20-29(31(30-28)23-13-5-2-6-14-23)27-17-9-16-25-24-15-8-7-10-21(24)18-19-26(25)27/h1-19,29H,20H2. The summed E-state index contributed by atoms with van der Waals surface area (Å²) >= 11 is 0. The van der Waals surface area contributed by atoms with Gasteiger partial charge < -0.3 is 0 Å². The van der Waals surface area contributed by atoms with Gasteiger partial charge in [0, 0.05) is 6.42 Å². The summed E-state index contributed by atoms with van der Waals surface area (Å²) in [5, 5.41) is 12.5. The molecule has 0 radical (unpaired) electrons. The zero-order valence-corrected chi connectivity index (χ0v) is 17.1. The monoisotopic (exact) mass is 398 g/mol. The van der Waals surface area contributed by atoms with Crippen molar-refractivity contribution >= 4 is 32.9 Å². The van der Waals surface area contributed by atoms with Crippen LogP contribution in [0.25, 0.3) is 21.5 Å². The third-order valence-corrected chi connectivity index (χ3v) is 6.22. The van der Waals surface area contributed by atoms with Gasteiger partial charge >= 0.3 is 0 Å². The maximum Gasteiger partial charge on any atom is 0.0837 e. The second-order valence-electron chi connectivity index (χ2n) is 8.04. The molecule has 0 amide bonds. The van der Waals surface area contributed by atoms with Crippen molar-refractivity contribution in [2.75, 3.05) is 5.01 Å². The first kappa shape index (κ1) is 17.9. The molecule has 2 nitrogen and oxygen atoms in total. The second kappa shape index (κ2) is 7.41. The third-order valence-electron chi connectivity index (χ3n) is 6.22. The van der Waals surface area contributed by atoms with Gasteiger partial charge in [-0.05, 0) is 44.8 Å². The van der Waals surface area contributed by atoms with Crippen LogP contribution < -0.4 is 5.01 Å². The maximum absolute atomic E-state index is 5.11. The summed E-state index contributed by atoms with van der Waals surface area (Å²) in [5.74, 6) is 0. The highest BCUT2D eigenvalue weighted by Crippen LogP contribution is 2.40. The molecule has 31 heavy (non-hydrogen) atoms. The summed E-state index contributed by atoms with van der Waals surface area (Å²) in [6, 6.07) is 41.0. The van der Waals surface area contributed by atoms with Crippen LogP contribution in [0, 0.1) is 0 Å². The molecule has 0 spiro atoms. The van der Waals surface area contributed by atoms with E-state index in [1.54, 1.807) is 0 Å². The van der Waals surface area contributed by atoms with Crippen LogP contribution >= 0.6 is 0 Å². The Kier molecular flexibility index (Phi) is 4.28. The molecule has 5 aromatic carbocycles. The van der Waals surface area contributed by atoms with E-state index < -0.39 is 0 Å². The first-order chi connectivity index (χ1) is 15.4. The van der Waals surface area contributed by atoms with Crippen LogP contribution in [0.5, 0.6) is 0 Å². The number of fused-ring (bicyclic) bond motifs is 3. The number of nitrogens with zero attached hydrogens (tertiary/aromatic N) is 2. The number of anilines is 1. The van der Waals surface area contributed by atoms with Gasteiger partial charge in [0.15, 0.2) is 0 Å². The van der Waals surface area contributed by atoms with Crippen LogP contribution in [-0.2, 0) is 0 Å². The normalized spacial score (nSPS) is 16.1. The molecule has 1 atom stereocenters. The molecule has 1 heterocycles. The number of benzene rings is 5. The number of para-hydroxylation sites is 1. The lowest BCUT2D eigenvalue weighted by atomic mass is 9.92. The fourth-order valence-electron chi connectivity index (χ4n) is 4.73. The van der Waals surface area contributed by atoms with Gasteiger partial charge in [-0.25, -0.2) is 0 Å². The molecule has 0 fully saturated rings. The van der Waals surface area contributed by atoms with E-state index in [2.05, 4.69) is 120 Å². The summed E-state index contributed by atoms with van der Waals surface area (Å²) in [7, 11) is 0. The van der Waals surface area contributed by atoms with Gasteiger partial charge in [0.2, 0.25) is 0 Å². The number of hydrogen-bond acceptors (Lipinski definition) is 2. The first-order valence-corrected chi connectivity index (χ1v) is 10.8. The Bertz CT molecular complexity index is 1400. The molecular weight excluding hydrogens is 376 g/mol. The van der Waals surface area contributed by atoms with E-state index in [0.29, 0.717) is 0 Å². The van der Waals surface area contributed by atoms with E-state index in [-0.39, 0.29) is 6.04 Å². The molecule has 148 valence electrons. The fraction of sp³-hybridized carbons (Fsp3) is 0.0690. The third kappa shape index (κ3) is 3.08. The molecule has 1 aliphatic rings. The van der Waals surface area contributed by atoms with Crippen LogP contribution in [0.15, 0.2) is 120 Å². The summed E-state index contributed by atoms with van der Waals surface area (Å²) < 4.78 is 0. The average Bonchev–Trinajstić information content (AvgIpc) is 3.30. The predicted octanol–water partition coefficient (Wildman–Crippen LogP) is 7.35. The minimum Gasteiger partial charge on any atom is -0.257 e. The number of hydrazone groups is 1.